The average molecular weight is 418 g/mol. The summed E-state index contributed by atoms with van der Waals surface area (Å²) in [5.74, 6) is 0. The molecule has 0 aromatic heterocycles. The zero-order valence-electron chi connectivity index (χ0n) is 17.9. The van der Waals surface area contributed by atoms with Crippen LogP contribution in [-0.2, 0) is 27.2 Å². The molecule has 8 nitrogen and oxygen atoms in total. The third kappa shape index (κ3) is 43.9. The molecule has 0 aliphatic carbocycles. The summed E-state index contributed by atoms with van der Waals surface area (Å²) in [4.78, 5) is 4.00. The summed E-state index contributed by atoms with van der Waals surface area (Å²) in [6.45, 7) is 5.19. The lowest BCUT2D eigenvalue weighted by molar-refractivity contribution is 0.221. The van der Waals surface area contributed by atoms with E-state index < -0.39 is 16.5 Å². The minimum atomic E-state index is -1.95. The van der Waals surface area contributed by atoms with Crippen LogP contribution in [0.1, 0.15) is 39.5 Å². The second kappa shape index (κ2) is 25.0. The van der Waals surface area contributed by atoms with Crippen molar-refractivity contribution in [2.75, 3.05) is 68.7 Å². The number of rotatable bonds is 13. The highest BCUT2D eigenvalue weighted by atomic mass is 31.1. The summed E-state index contributed by atoms with van der Waals surface area (Å²) in [6.07, 6.45) is 3.55. The molecule has 0 saturated heterocycles. The van der Waals surface area contributed by atoms with Crippen LogP contribution >= 0.6 is 16.5 Å². The van der Waals surface area contributed by atoms with Crippen LogP contribution in [0.25, 0.3) is 0 Å². The predicted octanol–water partition coefficient (Wildman–Crippen LogP) is 4.32. The molecule has 0 fully saturated rings. The van der Waals surface area contributed by atoms with Crippen LogP contribution in [0.5, 0.6) is 0 Å². The Hall–Kier alpha value is -0.0400. The van der Waals surface area contributed by atoms with Gasteiger partial charge in [-0.25, -0.2) is 0 Å². The zero-order chi connectivity index (χ0) is 20.8. The highest BCUT2D eigenvalue weighted by Gasteiger charge is 2.18. The molecule has 10 heteroatoms. The van der Waals surface area contributed by atoms with Crippen molar-refractivity contribution in [2.24, 2.45) is 0 Å². The third-order valence-corrected chi connectivity index (χ3v) is 3.63. The molecule has 0 aliphatic rings. The molecule has 2 unspecified atom stereocenters. The predicted molar refractivity (Wildman–Crippen MR) is 108 cm³/mol. The molecule has 0 amide bonds. The van der Waals surface area contributed by atoms with Crippen molar-refractivity contribution in [1.29, 1.82) is 0 Å². The van der Waals surface area contributed by atoms with Gasteiger partial charge in [0.25, 0.3) is 0 Å². The second-order valence-electron chi connectivity index (χ2n) is 6.05. The lowest BCUT2D eigenvalue weighted by Crippen LogP contribution is -1.99. The van der Waals surface area contributed by atoms with Crippen molar-refractivity contribution in [1.82, 2.24) is 9.80 Å². The lowest BCUT2D eigenvalue weighted by atomic mass is 10.2. The van der Waals surface area contributed by atoms with Gasteiger partial charge in [-0.2, -0.15) is 0 Å². The van der Waals surface area contributed by atoms with E-state index in [0.29, 0.717) is 26.4 Å². The average Bonchev–Trinajstić information content (AvgIpc) is 2.49. The van der Waals surface area contributed by atoms with Crippen molar-refractivity contribution in [3.8, 4) is 0 Å². The number of hydrogen-bond donors (Lipinski definition) is 0. The minimum absolute atomic E-state index is 0.393. The Bertz CT molecular complexity index is 286. The summed E-state index contributed by atoms with van der Waals surface area (Å²) < 4.78 is 41.3. The van der Waals surface area contributed by atoms with Crippen LogP contribution in [0.15, 0.2) is 0 Å². The molecule has 26 heavy (non-hydrogen) atoms. The molecular weight excluding hydrogens is 378 g/mol. The van der Waals surface area contributed by atoms with E-state index in [1.807, 2.05) is 52.1 Å². The smallest absolute Gasteiger partial charge is 0.312 e. The Balaban J connectivity index is -0.000000551. The van der Waals surface area contributed by atoms with Crippen LogP contribution in [0, 0.1) is 0 Å². The monoisotopic (exact) mass is 418 g/mol. The van der Waals surface area contributed by atoms with Crippen LogP contribution < -0.4 is 0 Å². The maximum atomic E-state index is 11.0. The Kier molecular flexibility index (Phi) is 29.5. The van der Waals surface area contributed by atoms with Gasteiger partial charge in [0.1, 0.15) is 26.4 Å². The topological polar surface area (TPSA) is 77.5 Å². The highest BCUT2D eigenvalue weighted by molar-refractivity contribution is 7.33. The van der Waals surface area contributed by atoms with Crippen molar-refractivity contribution < 1.29 is 27.2 Å². The van der Waals surface area contributed by atoms with Gasteiger partial charge in [-0.1, -0.05) is 12.8 Å². The van der Waals surface area contributed by atoms with Crippen molar-refractivity contribution in [3.63, 3.8) is 0 Å². The number of unbranched alkanes of at least 4 members (excludes halogenated alkanes) is 3. The first-order chi connectivity index (χ1) is 12.2. The Morgan fingerprint density at radius 1 is 0.577 bits per heavy atom. The molecule has 0 heterocycles. The normalized spacial score (nSPS) is 11.5. The molecule has 2 atom stereocenters. The molecular formula is C16H40N2O6P2+2. The fourth-order valence-corrected chi connectivity index (χ4v) is 2.25. The van der Waals surface area contributed by atoms with Gasteiger partial charge in [0, 0.05) is 9.13 Å². The van der Waals surface area contributed by atoms with Gasteiger partial charge in [0.15, 0.2) is 0 Å². The molecule has 158 valence electrons. The summed E-state index contributed by atoms with van der Waals surface area (Å²) in [6, 6.07) is 0. The first-order valence-corrected chi connectivity index (χ1v) is 11.0. The van der Waals surface area contributed by atoms with Gasteiger partial charge < -0.3 is 9.80 Å². The number of hydrogen-bond acceptors (Lipinski definition) is 8. The fourth-order valence-electron chi connectivity index (χ4n) is 1.12. The molecule has 0 N–H and O–H groups in total. The van der Waals surface area contributed by atoms with Crippen LogP contribution in [-0.4, -0.2) is 78.5 Å². The lowest BCUT2D eigenvalue weighted by Gasteiger charge is -1.95. The summed E-state index contributed by atoms with van der Waals surface area (Å²) in [7, 11) is 8.10. The first kappa shape index (κ1) is 30.7. The largest absolute Gasteiger partial charge is 0.697 e. The molecule has 0 aromatic carbocycles. The minimum Gasteiger partial charge on any atom is -0.312 e. The summed E-state index contributed by atoms with van der Waals surface area (Å²) in [5.41, 5.74) is 0. The van der Waals surface area contributed by atoms with Crippen LogP contribution in [0.4, 0.5) is 0 Å². The highest BCUT2D eigenvalue weighted by Crippen LogP contribution is 2.24. The van der Waals surface area contributed by atoms with Crippen LogP contribution in [0.3, 0.4) is 0 Å². The molecule has 0 saturated carbocycles. The van der Waals surface area contributed by atoms with E-state index in [1.165, 1.54) is 0 Å². The molecule has 0 aliphatic heterocycles. The number of nitrogens with zero attached hydrogens (tertiary/aromatic N) is 2. The Labute approximate surface area is 162 Å². The van der Waals surface area contributed by atoms with Gasteiger partial charge in [0.2, 0.25) is 0 Å². The van der Waals surface area contributed by atoms with E-state index >= 15 is 0 Å². The van der Waals surface area contributed by atoms with E-state index in [2.05, 4.69) is 0 Å². The Morgan fingerprint density at radius 2 is 0.846 bits per heavy atom. The second-order valence-corrected chi connectivity index (χ2v) is 7.97. The standard InChI is InChI=1S/C10H22O6P2.2C3H9N/c1-3-13-17(11)15-9-7-5-6-8-10-16-18(12)14-4-2;2*1-4(2)3/h3-10H2,1-2H3;2*1-3H3/q+2;;. The van der Waals surface area contributed by atoms with Gasteiger partial charge in [-0.3, -0.25) is 0 Å². The summed E-state index contributed by atoms with van der Waals surface area (Å²) in [5, 5.41) is 0. The Morgan fingerprint density at radius 3 is 1.08 bits per heavy atom. The quantitative estimate of drug-likeness (QED) is 0.323. The maximum Gasteiger partial charge on any atom is 0.697 e. The molecule has 0 bridgehead atoms. The molecule has 0 radical (unpaired) electrons. The zero-order valence-corrected chi connectivity index (χ0v) is 19.7. The van der Waals surface area contributed by atoms with E-state index in [0.717, 1.165) is 25.7 Å². The van der Waals surface area contributed by atoms with Gasteiger partial charge in [-0.15, -0.1) is 18.1 Å². The summed E-state index contributed by atoms with van der Waals surface area (Å²) >= 11 is 0. The van der Waals surface area contributed by atoms with E-state index in [4.69, 9.17) is 18.1 Å². The molecule has 0 spiro atoms. The fraction of sp³-hybridized carbons (Fsp3) is 1.00. The van der Waals surface area contributed by atoms with E-state index in [1.54, 1.807) is 13.8 Å². The van der Waals surface area contributed by atoms with E-state index in [-0.39, 0.29) is 0 Å². The third-order valence-electron chi connectivity index (χ3n) is 1.90. The maximum absolute atomic E-state index is 11.0. The van der Waals surface area contributed by atoms with Crippen molar-refractivity contribution in [2.45, 2.75) is 39.5 Å². The SMILES string of the molecule is CCO[P+](=O)OCCCCCCO[P+](=O)OCC.CN(C)C.CN(C)C. The first-order valence-electron chi connectivity index (χ1n) is 8.85. The van der Waals surface area contributed by atoms with Crippen molar-refractivity contribution in [3.05, 3.63) is 0 Å². The van der Waals surface area contributed by atoms with Crippen molar-refractivity contribution >= 4 is 16.5 Å². The molecule has 0 rings (SSSR count). The molecule has 0 aromatic rings. The van der Waals surface area contributed by atoms with Crippen LogP contribution in [0.2, 0.25) is 0 Å². The van der Waals surface area contributed by atoms with E-state index in [9.17, 15) is 9.13 Å². The van der Waals surface area contributed by atoms with Gasteiger partial charge in [0.05, 0.1) is 0 Å². The van der Waals surface area contributed by atoms with Gasteiger partial charge >= 0.3 is 16.5 Å². The van der Waals surface area contributed by atoms with Gasteiger partial charge in [-0.05, 0) is 69.0 Å².